The standard InChI is InChI=1S/C18H22N4O3/c1-21-15-6-5-13(25-4)9-12(15)10-17(21)18(23)20-14(11-24-3)16-7-8-19-22(16)2/h5-10,14H,11H2,1-4H3,(H,20,23). The summed E-state index contributed by atoms with van der Waals surface area (Å²) in [5.41, 5.74) is 2.43. The fourth-order valence-corrected chi connectivity index (χ4v) is 3.00. The minimum atomic E-state index is -0.280. The summed E-state index contributed by atoms with van der Waals surface area (Å²) in [4.78, 5) is 12.8. The van der Waals surface area contributed by atoms with Crippen LogP contribution < -0.4 is 10.1 Å². The van der Waals surface area contributed by atoms with Gasteiger partial charge in [0.15, 0.2) is 0 Å². The summed E-state index contributed by atoms with van der Waals surface area (Å²) < 4.78 is 14.1. The fraction of sp³-hybridized carbons (Fsp3) is 0.333. The topological polar surface area (TPSA) is 70.3 Å². The lowest BCUT2D eigenvalue weighted by molar-refractivity contribution is 0.0884. The molecule has 1 amide bonds. The van der Waals surface area contributed by atoms with Gasteiger partial charge in [0.2, 0.25) is 0 Å². The van der Waals surface area contributed by atoms with Gasteiger partial charge in [0.25, 0.3) is 5.91 Å². The number of carbonyl (C=O) groups is 1. The monoisotopic (exact) mass is 342 g/mol. The normalized spacial score (nSPS) is 12.3. The number of hydrogen-bond donors (Lipinski definition) is 1. The molecule has 0 spiro atoms. The van der Waals surface area contributed by atoms with E-state index in [9.17, 15) is 4.79 Å². The molecule has 1 aromatic carbocycles. The van der Waals surface area contributed by atoms with Gasteiger partial charge in [0.1, 0.15) is 11.4 Å². The molecule has 0 aliphatic rings. The van der Waals surface area contributed by atoms with Crippen molar-refractivity contribution >= 4 is 16.8 Å². The molecule has 0 radical (unpaired) electrons. The number of ether oxygens (including phenoxy) is 2. The minimum Gasteiger partial charge on any atom is -0.497 e. The Balaban J connectivity index is 1.90. The van der Waals surface area contributed by atoms with Crippen LogP contribution in [0, 0.1) is 0 Å². The van der Waals surface area contributed by atoms with Gasteiger partial charge in [-0.25, -0.2) is 0 Å². The van der Waals surface area contributed by atoms with Gasteiger partial charge in [0, 0.05) is 38.3 Å². The minimum absolute atomic E-state index is 0.166. The van der Waals surface area contributed by atoms with E-state index in [1.165, 1.54) is 0 Å². The molecule has 0 bridgehead atoms. The highest BCUT2D eigenvalue weighted by molar-refractivity contribution is 5.99. The van der Waals surface area contributed by atoms with Gasteiger partial charge in [-0.05, 0) is 30.3 Å². The molecule has 7 heteroatoms. The summed E-state index contributed by atoms with van der Waals surface area (Å²) in [6.07, 6.45) is 1.70. The first kappa shape index (κ1) is 17.0. The fourth-order valence-electron chi connectivity index (χ4n) is 3.00. The Morgan fingerprint density at radius 2 is 2.04 bits per heavy atom. The second-order valence-electron chi connectivity index (χ2n) is 5.87. The maximum absolute atomic E-state index is 12.8. The Morgan fingerprint density at radius 3 is 2.68 bits per heavy atom. The zero-order valence-electron chi connectivity index (χ0n) is 14.8. The number of aryl methyl sites for hydroxylation is 2. The predicted octanol–water partition coefficient (Wildman–Crippen LogP) is 2.04. The third-order valence-corrected chi connectivity index (χ3v) is 4.34. The lowest BCUT2D eigenvalue weighted by Crippen LogP contribution is -2.33. The van der Waals surface area contributed by atoms with Gasteiger partial charge < -0.3 is 19.4 Å². The molecular formula is C18H22N4O3. The highest BCUT2D eigenvalue weighted by Crippen LogP contribution is 2.24. The number of carbonyl (C=O) groups excluding carboxylic acids is 1. The molecule has 132 valence electrons. The maximum atomic E-state index is 12.8. The van der Waals surface area contributed by atoms with Crippen molar-refractivity contribution in [1.29, 1.82) is 0 Å². The summed E-state index contributed by atoms with van der Waals surface area (Å²) in [5, 5.41) is 8.15. The molecule has 2 heterocycles. The summed E-state index contributed by atoms with van der Waals surface area (Å²) in [5.74, 6) is 0.595. The third-order valence-electron chi connectivity index (χ3n) is 4.34. The molecule has 0 aliphatic heterocycles. The van der Waals surface area contributed by atoms with E-state index in [2.05, 4.69) is 10.4 Å². The van der Waals surface area contributed by atoms with Gasteiger partial charge in [-0.2, -0.15) is 5.10 Å². The maximum Gasteiger partial charge on any atom is 0.268 e. The number of nitrogens with zero attached hydrogens (tertiary/aromatic N) is 3. The van der Waals surface area contributed by atoms with Crippen molar-refractivity contribution < 1.29 is 14.3 Å². The Hall–Kier alpha value is -2.80. The lowest BCUT2D eigenvalue weighted by atomic mass is 10.2. The Morgan fingerprint density at radius 1 is 1.24 bits per heavy atom. The van der Waals surface area contributed by atoms with Gasteiger partial charge in [0.05, 0.1) is 25.5 Å². The van der Waals surface area contributed by atoms with Crippen LogP contribution in [0.15, 0.2) is 36.5 Å². The van der Waals surface area contributed by atoms with E-state index in [1.807, 2.05) is 49.0 Å². The highest BCUT2D eigenvalue weighted by Gasteiger charge is 2.21. The highest BCUT2D eigenvalue weighted by atomic mass is 16.5. The first-order chi connectivity index (χ1) is 12.0. The van der Waals surface area contributed by atoms with Crippen molar-refractivity contribution in [2.45, 2.75) is 6.04 Å². The van der Waals surface area contributed by atoms with Gasteiger partial charge in [-0.3, -0.25) is 9.48 Å². The Kier molecular flexibility index (Phi) is 4.76. The molecule has 1 atom stereocenters. The summed E-state index contributed by atoms with van der Waals surface area (Å²) >= 11 is 0. The zero-order valence-corrected chi connectivity index (χ0v) is 14.8. The largest absolute Gasteiger partial charge is 0.497 e. The number of benzene rings is 1. The van der Waals surface area contributed by atoms with E-state index in [-0.39, 0.29) is 11.9 Å². The molecule has 0 saturated heterocycles. The number of fused-ring (bicyclic) bond motifs is 1. The Labute approximate surface area is 146 Å². The van der Waals surface area contributed by atoms with E-state index in [0.29, 0.717) is 12.3 Å². The van der Waals surface area contributed by atoms with Crippen LogP contribution >= 0.6 is 0 Å². The van der Waals surface area contributed by atoms with Crippen molar-refractivity contribution in [3.8, 4) is 5.75 Å². The summed E-state index contributed by atoms with van der Waals surface area (Å²) in [6, 6.07) is 9.19. The van der Waals surface area contributed by atoms with Crippen molar-refractivity contribution in [2.24, 2.45) is 14.1 Å². The van der Waals surface area contributed by atoms with Gasteiger partial charge >= 0.3 is 0 Å². The van der Waals surface area contributed by atoms with Crippen LogP contribution in [0.4, 0.5) is 0 Å². The number of aromatic nitrogens is 3. The second kappa shape index (κ2) is 6.98. The number of hydrogen-bond acceptors (Lipinski definition) is 4. The van der Waals surface area contributed by atoms with Crippen molar-refractivity contribution in [2.75, 3.05) is 20.8 Å². The van der Waals surface area contributed by atoms with E-state index >= 15 is 0 Å². The number of amides is 1. The molecule has 0 aliphatic carbocycles. The molecule has 1 N–H and O–H groups in total. The van der Waals surface area contributed by atoms with E-state index in [4.69, 9.17) is 9.47 Å². The van der Waals surface area contributed by atoms with Crippen LogP contribution in [-0.4, -0.2) is 41.1 Å². The first-order valence-electron chi connectivity index (χ1n) is 7.96. The van der Waals surface area contributed by atoms with Gasteiger partial charge in [-0.1, -0.05) is 0 Å². The smallest absolute Gasteiger partial charge is 0.268 e. The van der Waals surface area contributed by atoms with Crippen molar-refractivity contribution in [1.82, 2.24) is 19.7 Å². The van der Waals surface area contributed by atoms with Crippen LogP contribution in [0.5, 0.6) is 5.75 Å². The van der Waals surface area contributed by atoms with Crippen molar-refractivity contribution in [3.63, 3.8) is 0 Å². The molecular weight excluding hydrogens is 320 g/mol. The van der Waals surface area contributed by atoms with E-state index < -0.39 is 0 Å². The summed E-state index contributed by atoms with van der Waals surface area (Å²) in [7, 11) is 6.95. The lowest BCUT2D eigenvalue weighted by Gasteiger charge is -2.18. The van der Waals surface area contributed by atoms with Crippen molar-refractivity contribution in [3.05, 3.63) is 47.9 Å². The van der Waals surface area contributed by atoms with Crippen LogP contribution in [-0.2, 0) is 18.8 Å². The van der Waals surface area contributed by atoms with Crippen LogP contribution in [0.25, 0.3) is 10.9 Å². The number of nitrogens with one attached hydrogen (secondary N) is 1. The van der Waals surface area contributed by atoms with Crippen LogP contribution in [0.3, 0.4) is 0 Å². The average Bonchev–Trinajstić information content (AvgIpc) is 3.17. The molecule has 0 fully saturated rings. The van der Waals surface area contributed by atoms with E-state index in [0.717, 1.165) is 22.3 Å². The predicted molar refractivity (Wildman–Crippen MR) is 94.8 cm³/mol. The zero-order chi connectivity index (χ0) is 18.0. The Bertz CT molecular complexity index is 897. The van der Waals surface area contributed by atoms with Crippen LogP contribution in [0.2, 0.25) is 0 Å². The molecule has 3 aromatic rings. The second-order valence-corrected chi connectivity index (χ2v) is 5.87. The van der Waals surface area contributed by atoms with Gasteiger partial charge in [-0.15, -0.1) is 0 Å². The van der Waals surface area contributed by atoms with Crippen LogP contribution in [0.1, 0.15) is 22.2 Å². The average molecular weight is 342 g/mol. The molecule has 0 saturated carbocycles. The number of rotatable bonds is 6. The molecule has 25 heavy (non-hydrogen) atoms. The third kappa shape index (κ3) is 3.23. The summed E-state index contributed by atoms with van der Waals surface area (Å²) in [6.45, 7) is 0.364. The SMILES string of the molecule is COCC(NC(=O)c1cc2cc(OC)ccc2n1C)c1ccnn1C. The molecule has 7 nitrogen and oxygen atoms in total. The quantitative estimate of drug-likeness (QED) is 0.744. The van der Waals surface area contributed by atoms with E-state index in [1.54, 1.807) is 25.1 Å². The molecule has 3 rings (SSSR count). The molecule has 2 aromatic heterocycles. The molecule has 1 unspecified atom stereocenters. The first-order valence-corrected chi connectivity index (χ1v) is 7.96. The number of methoxy groups -OCH3 is 2.